The quantitative estimate of drug-likeness (QED) is 0.517. The highest BCUT2D eigenvalue weighted by Crippen LogP contribution is 2.24. The number of rotatable bonds is 1. The lowest BCUT2D eigenvalue weighted by atomic mass is 9.98. The Kier molecular flexibility index (Phi) is 11.5. The van der Waals surface area contributed by atoms with E-state index in [9.17, 15) is 0 Å². The molecule has 0 nitrogen and oxygen atoms in total. The summed E-state index contributed by atoms with van der Waals surface area (Å²) in [7, 11) is 0. The monoisotopic (exact) mass is 286 g/mol. The first-order valence-corrected chi connectivity index (χ1v) is 7.73. The molecule has 0 radical (unpaired) electrons. The van der Waals surface area contributed by atoms with Crippen LogP contribution in [0, 0.1) is 27.7 Å². The second-order valence-corrected chi connectivity index (χ2v) is 4.60. The van der Waals surface area contributed by atoms with Gasteiger partial charge in [-0.1, -0.05) is 71.5 Å². The number of aryl methyl sites for hydroxylation is 4. The van der Waals surface area contributed by atoms with E-state index in [2.05, 4.69) is 64.1 Å². The van der Waals surface area contributed by atoms with Gasteiger partial charge < -0.3 is 0 Å². The third-order valence-electron chi connectivity index (χ3n) is 3.35. The SMILES string of the molecule is C.CC.CC.Cc1ccc(-c2ccc(C)c(C)c2)cc1C. The van der Waals surface area contributed by atoms with Gasteiger partial charge in [-0.25, -0.2) is 0 Å². The van der Waals surface area contributed by atoms with Crippen LogP contribution in [0.3, 0.4) is 0 Å². The lowest BCUT2D eigenvalue weighted by molar-refractivity contribution is 1.32. The molecule has 0 N–H and O–H groups in total. The summed E-state index contributed by atoms with van der Waals surface area (Å²) in [5.41, 5.74) is 8.05. The van der Waals surface area contributed by atoms with Crippen molar-refractivity contribution in [2.24, 2.45) is 0 Å². The molecule has 0 bridgehead atoms. The van der Waals surface area contributed by atoms with Gasteiger partial charge in [0.1, 0.15) is 0 Å². The highest BCUT2D eigenvalue weighted by Gasteiger charge is 2.01. The molecule has 118 valence electrons. The maximum absolute atomic E-state index is 2.26. The normalized spacial score (nSPS) is 8.57. The Morgan fingerprint density at radius 1 is 0.476 bits per heavy atom. The van der Waals surface area contributed by atoms with E-state index >= 15 is 0 Å². The molecule has 0 spiro atoms. The molecule has 0 saturated carbocycles. The van der Waals surface area contributed by atoms with Gasteiger partial charge >= 0.3 is 0 Å². The van der Waals surface area contributed by atoms with Crippen molar-refractivity contribution < 1.29 is 0 Å². The van der Waals surface area contributed by atoms with E-state index in [1.807, 2.05) is 27.7 Å². The van der Waals surface area contributed by atoms with E-state index in [4.69, 9.17) is 0 Å². The third kappa shape index (κ3) is 6.16. The van der Waals surface area contributed by atoms with E-state index in [1.54, 1.807) is 0 Å². The van der Waals surface area contributed by atoms with Crippen LogP contribution in [-0.2, 0) is 0 Å². The summed E-state index contributed by atoms with van der Waals surface area (Å²) in [5, 5.41) is 0. The highest BCUT2D eigenvalue weighted by atomic mass is 14.1. The summed E-state index contributed by atoms with van der Waals surface area (Å²) < 4.78 is 0. The first-order valence-electron chi connectivity index (χ1n) is 7.73. The van der Waals surface area contributed by atoms with Gasteiger partial charge in [0, 0.05) is 0 Å². The molecule has 0 aliphatic carbocycles. The van der Waals surface area contributed by atoms with E-state index in [-0.39, 0.29) is 7.43 Å². The molecule has 0 amide bonds. The molecule has 2 aromatic carbocycles. The molecular weight excluding hydrogens is 252 g/mol. The van der Waals surface area contributed by atoms with Crippen LogP contribution in [0.2, 0.25) is 0 Å². The van der Waals surface area contributed by atoms with Gasteiger partial charge in [-0.05, 0) is 61.1 Å². The first kappa shape index (κ1) is 21.7. The Hall–Kier alpha value is -1.56. The van der Waals surface area contributed by atoms with Crippen molar-refractivity contribution in [2.45, 2.75) is 62.8 Å². The molecular formula is C21H34. The second kappa shape index (κ2) is 11.1. The van der Waals surface area contributed by atoms with E-state index in [1.165, 1.54) is 33.4 Å². The molecule has 0 atom stereocenters. The van der Waals surface area contributed by atoms with E-state index in [0.717, 1.165) is 0 Å². The minimum absolute atomic E-state index is 0. The highest BCUT2D eigenvalue weighted by molar-refractivity contribution is 5.66. The number of benzene rings is 2. The summed E-state index contributed by atoms with van der Waals surface area (Å²) in [5.74, 6) is 0. The fourth-order valence-electron chi connectivity index (χ4n) is 1.84. The Bertz CT molecular complexity index is 472. The van der Waals surface area contributed by atoms with Crippen molar-refractivity contribution in [3.63, 3.8) is 0 Å². The Morgan fingerprint density at radius 2 is 0.762 bits per heavy atom. The van der Waals surface area contributed by atoms with Gasteiger partial charge in [-0.2, -0.15) is 0 Å². The Balaban J connectivity index is 0. The van der Waals surface area contributed by atoms with Crippen LogP contribution in [0.4, 0.5) is 0 Å². The summed E-state index contributed by atoms with van der Waals surface area (Å²) in [6.07, 6.45) is 0. The zero-order valence-electron chi connectivity index (χ0n) is 14.5. The standard InChI is InChI=1S/C16H18.2C2H6.CH4/c1-11-5-7-15(9-13(11)3)16-8-6-12(2)14(4)10-16;2*1-2;/h5-10H,1-4H3;2*1-2H3;1H4. The maximum Gasteiger partial charge on any atom is -0.0181 e. The maximum atomic E-state index is 2.26. The van der Waals surface area contributed by atoms with Gasteiger partial charge in [0.15, 0.2) is 0 Å². The van der Waals surface area contributed by atoms with Gasteiger partial charge in [0.2, 0.25) is 0 Å². The molecule has 21 heavy (non-hydrogen) atoms. The van der Waals surface area contributed by atoms with Crippen LogP contribution in [0.25, 0.3) is 11.1 Å². The van der Waals surface area contributed by atoms with Crippen molar-refractivity contribution in [1.29, 1.82) is 0 Å². The zero-order chi connectivity index (χ0) is 15.7. The van der Waals surface area contributed by atoms with Crippen molar-refractivity contribution in [3.05, 3.63) is 58.7 Å². The molecule has 0 aliphatic rings. The van der Waals surface area contributed by atoms with Crippen molar-refractivity contribution >= 4 is 0 Å². The van der Waals surface area contributed by atoms with Crippen LogP contribution >= 0.6 is 0 Å². The second-order valence-electron chi connectivity index (χ2n) is 4.60. The fraction of sp³-hybridized carbons (Fsp3) is 0.429. The molecule has 2 aromatic rings. The van der Waals surface area contributed by atoms with Gasteiger partial charge in [-0.15, -0.1) is 0 Å². The molecule has 0 heteroatoms. The average molecular weight is 287 g/mol. The van der Waals surface area contributed by atoms with Gasteiger partial charge in [0.25, 0.3) is 0 Å². The first-order chi connectivity index (χ1) is 9.58. The molecule has 0 aromatic heterocycles. The largest absolute Gasteiger partial charge is 0.0776 e. The predicted molar refractivity (Wildman–Crippen MR) is 100 cm³/mol. The minimum atomic E-state index is 0. The minimum Gasteiger partial charge on any atom is -0.0776 e. The van der Waals surface area contributed by atoms with Crippen LogP contribution in [0.15, 0.2) is 36.4 Å². The molecule has 0 heterocycles. The molecule has 0 saturated heterocycles. The molecule has 2 rings (SSSR count). The fourth-order valence-corrected chi connectivity index (χ4v) is 1.84. The van der Waals surface area contributed by atoms with Crippen molar-refractivity contribution in [3.8, 4) is 11.1 Å². The van der Waals surface area contributed by atoms with E-state index in [0.29, 0.717) is 0 Å². The zero-order valence-corrected chi connectivity index (χ0v) is 14.5. The summed E-state index contributed by atoms with van der Waals surface area (Å²) in [6.45, 7) is 16.6. The summed E-state index contributed by atoms with van der Waals surface area (Å²) in [4.78, 5) is 0. The van der Waals surface area contributed by atoms with Crippen LogP contribution in [-0.4, -0.2) is 0 Å². The summed E-state index contributed by atoms with van der Waals surface area (Å²) in [6, 6.07) is 13.3. The Morgan fingerprint density at radius 3 is 1.00 bits per heavy atom. The average Bonchev–Trinajstić information content (AvgIpc) is 2.49. The van der Waals surface area contributed by atoms with Gasteiger partial charge in [0.05, 0.1) is 0 Å². The number of hydrogen-bond donors (Lipinski definition) is 0. The lowest BCUT2D eigenvalue weighted by Crippen LogP contribution is -1.86. The molecule has 0 unspecified atom stereocenters. The topological polar surface area (TPSA) is 0 Å². The van der Waals surface area contributed by atoms with E-state index < -0.39 is 0 Å². The molecule has 0 aliphatic heterocycles. The lowest BCUT2D eigenvalue weighted by Gasteiger charge is -2.08. The predicted octanol–water partition coefficient (Wildman–Crippen LogP) is 7.28. The van der Waals surface area contributed by atoms with Gasteiger partial charge in [-0.3, -0.25) is 0 Å². The smallest absolute Gasteiger partial charge is 0.0181 e. The van der Waals surface area contributed by atoms with Crippen LogP contribution < -0.4 is 0 Å². The summed E-state index contributed by atoms with van der Waals surface area (Å²) >= 11 is 0. The van der Waals surface area contributed by atoms with Crippen molar-refractivity contribution in [2.75, 3.05) is 0 Å². The van der Waals surface area contributed by atoms with Crippen LogP contribution in [0.1, 0.15) is 57.4 Å². The van der Waals surface area contributed by atoms with Crippen molar-refractivity contribution in [1.82, 2.24) is 0 Å². The Labute approximate surface area is 133 Å². The third-order valence-corrected chi connectivity index (χ3v) is 3.35. The number of hydrogen-bond acceptors (Lipinski definition) is 0. The van der Waals surface area contributed by atoms with Crippen LogP contribution in [0.5, 0.6) is 0 Å². The molecule has 0 fully saturated rings.